The van der Waals surface area contributed by atoms with Gasteiger partial charge >= 0.3 is 0 Å². The molecule has 3 aromatic rings. The summed E-state index contributed by atoms with van der Waals surface area (Å²) in [6.07, 6.45) is 3.78. The number of benzene rings is 1. The molecule has 8 heteroatoms. The first-order valence-corrected chi connectivity index (χ1v) is 11.7. The number of likely N-dealkylation sites (tertiary alicyclic amines) is 1. The predicted molar refractivity (Wildman–Crippen MR) is 123 cm³/mol. The molecule has 7 nitrogen and oxygen atoms in total. The molecule has 4 rings (SSSR count). The second-order valence-corrected chi connectivity index (χ2v) is 9.17. The van der Waals surface area contributed by atoms with Crippen LogP contribution in [0.2, 0.25) is 0 Å². The number of nitrogens with one attached hydrogen (secondary N) is 1. The van der Waals surface area contributed by atoms with E-state index >= 15 is 0 Å². The molecule has 1 aliphatic heterocycles. The van der Waals surface area contributed by atoms with Gasteiger partial charge in [0.25, 0.3) is 5.91 Å². The standard InChI is InChI=1S/C24H27N5O2S/c1-16-21(24(31)26-12-18-7-4-3-5-8-18)13-25-23(27-16)19-9-6-10-29(14-19)22(30)11-20-15-32-17(2)28-20/h3-5,7-8,13,15,19H,6,9-12,14H2,1-2H3,(H,26,31)/t19-/m0/s1. The lowest BCUT2D eigenvalue weighted by Crippen LogP contribution is -2.40. The second-order valence-electron chi connectivity index (χ2n) is 8.11. The average molecular weight is 450 g/mol. The smallest absolute Gasteiger partial charge is 0.254 e. The van der Waals surface area contributed by atoms with Gasteiger partial charge in [-0.25, -0.2) is 15.0 Å². The Bertz CT molecular complexity index is 1100. The van der Waals surface area contributed by atoms with Crippen molar-refractivity contribution in [2.75, 3.05) is 13.1 Å². The molecular formula is C24H27N5O2S. The molecule has 2 aromatic heterocycles. The molecule has 1 aliphatic rings. The third-order valence-electron chi connectivity index (χ3n) is 5.68. The Kier molecular flexibility index (Phi) is 6.90. The summed E-state index contributed by atoms with van der Waals surface area (Å²) in [5, 5.41) is 5.85. The number of aromatic nitrogens is 3. The van der Waals surface area contributed by atoms with E-state index in [9.17, 15) is 9.59 Å². The van der Waals surface area contributed by atoms with Crippen molar-refractivity contribution >= 4 is 23.2 Å². The average Bonchev–Trinajstić information content (AvgIpc) is 3.22. The van der Waals surface area contributed by atoms with Gasteiger partial charge in [0.2, 0.25) is 5.91 Å². The summed E-state index contributed by atoms with van der Waals surface area (Å²) in [4.78, 5) is 40.8. The van der Waals surface area contributed by atoms with E-state index in [1.807, 2.05) is 54.5 Å². The molecule has 1 saturated heterocycles. The van der Waals surface area contributed by atoms with Crippen molar-refractivity contribution in [3.05, 3.63) is 75.3 Å². The van der Waals surface area contributed by atoms with E-state index in [1.54, 1.807) is 17.5 Å². The summed E-state index contributed by atoms with van der Waals surface area (Å²) < 4.78 is 0. The van der Waals surface area contributed by atoms with Crippen LogP contribution >= 0.6 is 11.3 Å². The van der Waals surface area contributed by atoms with Gasteiger partial charge in [-0.3, -0.25) is 9.59 Å². The van der Waals surface area contributed by atoms with Gasteiger partial charge in [-0.1, -0.05) is 30.3 Å². The Morgan fingerprint density at radius 1 is 1.19 bits per heavy atom. The highest BCUT2D eigenvalue weighted by atomic mass is 32.1. The highest BCUT2D eigenvalue weighted by molar-refractivity contribution is 7.09. The molecule has 0 radical (unpaired) electrons. The van der Waals surface area contributed by atoms with Crippen LogP contribution < -0.4 is 5.32 Å². The fourth-order valence-electron chi connectivity index (χ4n) is 3.95. The van der Waals surface area contributed by atoms with Crippen molar-refractivity contribution < 1.29 is 9.59 Å². The zero-order valence-electron chi connectivity index (χ0n) is 18.4. The van der Waals surface area contributed by atoms with Crippen LogP contribution in [0.25, 0.3) is 0 Å². The first-order valence-electron chi connectivity index (χ1n) is 10.8. The number of hydrogen-bond acceptors (Lipinski definition) is 6. The highest BCUT2D eigenvalue weighted by Crippen LogP contribution is 2.25. The maximum atomic E-state index is 12.7. The lowest BCUT2D eigenvalue weighted by atomic mass is 9.96. The van der Waals surface area contributed by atoms with Gasteiger partial charge in [0.05, 0.1) is 28.4 Å². The third kappa shape index (κ3) is 5.37. The van der Waals surface area contributed by atoms with E-state index in [1.165, 1.54) is 0 Å². The Labute approximate surface area is 191 Å². The van der Waals surface area contributed by atoms with Crippen molar-refractivity contribution in [1.29, 1.82) is 0 Å². The number of piperidine rings is 1. The summed E-state index contributed by atoms with van der Waals surface area (Å²) in [7, 11) is 0. The maximum absolute atomic E-state index is 12.7. The second kappa shape index (κ2) is 9.99. The van der Waals surface area contributed by atoms with E-state index in [2.05, 4.69) is 20.3 Å². The van der Waals surface area contributed by atoms with Gasteiger partial charge in [-0.15, -0.1) is 11.3 Å². The zero-order chi connectivity index (χ0) is 22.5. The minimum atomic E-state index is -0.183. The van der Waals surface area contributed by atoms with E-state index in [4.69, 9.17) is 0 Å². The maximum Gasteiger partial charge on any atom is 0.254 e. The van der Waals surface area contributed by atoms with E-state index in [0.29, 0.717) is 36.6 Å². The summed E-state index contributed by atoms with van der Waals surface area (Å²) >= 11 is 1.56. The fourth-order valence-corrected chi connectivity index (χ4v) is 4.56. The molecule has 32 heavy (non-hydrogen) atoms. The topological polar surface area (TPSA) is 88.1 Å². The fraction of sp³-hybridized carbons (Fsp3) is 0.375. The predicted octanol–water partition coefficient (Wildman–Crippen LogP) is 3.43. The molecule has 166 valence electrons. The molecule has 0 bridgehead atoms. The minimum Gasteiger partial charge on any atom is -0.348 e. The van der Waals surface area contributed by atoms with Crippen LogP contribution in [0.1, 0.15) is 56.9 Å². The molecule has 1 atom stereocenters. The lowest BCUT2D eigenvalue weighted by Gasteiger charge is -2.32. The van der Waals surface area contributed by atoms with Gasteiger partial charge in [0.1, 0.15) is 5.82 Å². The Morgan fingerprint density at radius 2 is 2.00 bits per heavy atom. The van der Waals surface area contributed by atoms with Crippen LogP contribution in [-0.4, -0.2) is 44.8 Å². The summed E-state index contributed by atoms with van der Waals surface area (Å²) in [5.41, 5.74) is 3.00. The Balaban J connectivity index is 1.38. The van der Waals surface area contributed by atoms with Crippen LogP contribution in [0.5, 0.6) is 0 Å². The summed E-state index contributed by atoms with van der Waals surface area (Å²) in [5.74, 6) is 0.680. The van der Waals surface area contributed by atoms with E-state index in [0.717, 1.165) is 35.7 Å². The monoisotopic (exact) mass is 449 g/mol. The number of carbonyl (C=O) groups excluding carboxylic acids is 2. The van der Waals surface area contributed by atoms with Crippen LogP contribution in [0, 0.1) is 13.8 Å². The number of hydrogen-bond donors (Lipinski definition) is 1. The first kappa shape index (κ1) is 22.1. The van der Waals surface area contributed by atoms with E-state index in [-0.39, 0.29) is 17.7 Å². The molecule has 0 saturated carbocycles. The first-order chi connectivity index (χ1) is 15.5. The molecule has 2 amide bonds. The van der Waals surface area contributed by atoms with Gasteiger partial charge < -0.3 is 10.2 Å². The van der Waals surface area contributed by atoms with Crippen LogP contribution in [0.4, 0.5) is 0 Å². The highest BCUT2D eigenvalue weighted by Gasteiger charge is 2.27. The molecule has 0 unspecified atom stereocenters. The lowest BCUT2D eigenvalue weighted by molar-refractivity contribution is -0.131. The number of aryl methyl sites for hydroxylation is 2. The quantitative estimate of drug-likeness (QED) is 0.623. The van der Waals surface area contributed by atoms with Gasteiger partial charge in [0, 0.05) is 37.1 Å². The largest absolute Gasteiger partial charge is 0.348 e. The van der Waals surface area contributed by atoms with Crippen molar-refractivity contribution in [2.45, 2.75) is 45.6 Å². The summed E-state index contributed by atoms with van der Waals surface area (Å²) in [6.45, 7) is 5.58. The number of amides is 2. The molecule has 0 spiro atoms. The molecule has 1 N–H and O–H groups in total. The minimum absolute atomic E-state index is 0.0741. The number of rotatable bonds is 6. The molecule has 1 aromatic carbocycles. The van der Waals surface area contributed by atoms with Crippen molar-refractivity contribution in [3.8, 4) is 0 Å². The van der Waals surface area contributed by atoms with Crippen LogP contribution in [0.15, 0.2) is 41.9 Å². The third-order valence-corrected chi connectivity index (χ3v) is 6.50. The van der Waals surface area contributed by atoms with Crippen molar-refractivity contribution in [3.63, 3.8) is 0 Å². The van der Waals surface area contributed by atoms with Gasteiger partial charge in [-0.05, 0) is 32.3 Å². The number of carbonyl (C=O) groups is 2. The molecular weight excluding hydrogens is 422 g/mol. The Hall–Kier alpha value is -3.13. The van der Waals surface area contributed by atoms with Crippen LogP contribution in [-0.2, 0) is 17.8 Å². The van der Waals surface area contributed by atoms with Gasteiger partial charge in [-0.2, -0.15) is 0 Å². The number of nitrogens with zero attached hydrogens (tertiary/aromatic N) is 4. The number of thiazole rings is 1. The van der Waals surface area contributed by atoms with Crippen molar-refractivity contribution in [2.24, 2.45) is 0 Å². The Morgan fingerprint density at radius 3 is 2.72 bits per heavy atom. The van der Waals surface area contributed by atoms with Crippen molar-refractivity contribution in [1.82, 2.24) is 25.2 Å². The van der Waals surface area contributed by atoms with Gasteiger partial charge in [0.15, 0.2) is 0 Å². The van der Waals surface area contributed by atoms with E-state index < -0.39 is 0 Å². The molecule has 0 aliphatic carbocycles. The zero-order valence-corrected chi connectivity index (χ0v) is 19.2. The molecule has 3 heterocycles. The normalized spacial score (nSPS) is 16.1. The molecule has 1 fully saturated rings. The SMILES string of the molecule is Cc1nc(CC(=O)N2CCC[C@H](c3ncc(C(=O)NCc4ccccc4)c(C)n3)C2)cs1. The summed E-state index contributed by atoms with van der Waals surface area (Å²) in [6, 6.07) is 9.78. The van der Waals surface area contributed by atoms with Crippen LogP contribution in [0.3, 0.4) is 0 Å².